The van der Waals surface area contributed by atoms with Gasteiger partial charge in [0.05, 0.1) is 12.0 Å². The number of aliphatic carboxylic acids is 1. The molecule has 5 nitrogen and oxygen atoms in total. The molecule has 1 aromatic carbocycles. The number of carboxylic acid groups (broad SMARTS) is 1. The minimum absolute atomic E-state index is 0.00663. The molecule has 2 N–H and O–H groups in total. The van der Waals surface area contributed by atoms with Crippen molar-refractivity contribution in [1.82, 2.24) is 4.98 Å². The molecule has 0 spiro atoms. The fourth-order valence-corrected chi connectivity index (χ4v) is 1.61. The number of hydrogen-bond donors (Lipinski definition) is 2. The third-order valence-electron chi connectivity index (χ3n) is 2.50. The highest BCUT2D eigenvalue weighted by atomic mass is 16.4. The van der Waals surface area contributed by atoms with E-state index in [1.807, 2.05) is 0 Å². The highest BCUT2D eigenvalue weighted by Crippen LogP contribution is 2.18. The average Bonchev–Trinajstić information content (AvgIpc) is 2.41. The van der Waals surface area contributed by atoms with Gasteiger partial charge < -0.3 is 10.4 Å². The van der Waals surface area contributed by atoms with E-state index in [4.69, 9.17) is 10.4 Å². The van der Waals surface area contributed by atoms with E-state index in [9.17, 15) is 4.79 Å². The molecule has 0 saturated heterocycles. The fraction of sp³-hybridized carbons (Fsp3) is 0.0714. The van der Waals surface area contributed by atoms with Gasteiger partial charge in [0.15, 0.2) is 0 Å². The molecule has 2 rings (SSSR count). The van der Waals surface area contributed by atoms with Crippen LogP contribution in [0.15, 0.2) is 42.6 Å². The Balaban J connectivity index is 2.16. The monoisotopic (exact) mass is 253 g/mol. The number of hydrogen-bond acceptors (Lipinski definition) is 4. The maximum atomic E-state index is 10.6. The van der Waals surface area contributed by atoms with Crippen LogP contribution in [0.4, 0.5) is 11.5 Å². The van der Waals surface area contributed by atoms with Crippen LogP contribution in [0.5, 0.6) is 0 Å². The van der Waals surface area contributed by atoms with Gasteiger partial charge in [-0.25, -0.2) is 4.98 Å². The lowest BCUT2D eigenvalue weighted by molar-refractivity contribution is -0.136. The van der Waals surface area contributed by atoms with Crippen molar-refractivity contribution in [2.75, 3.05) is 5.32 Å². The lowest BCUT2D eigenvalue weighted by Crippen LogP contribution is -2.00. The van der Waals surface area contributed by atoms with Gasteiger partial charge in [-0.1, -0.05) is 12.1 Å². The van der Waals surface area contributed by atoms with E-state index in [-0.39, 0.29) is 6.42 Å². The summed E-state index contributed by atoms with van der Waals surface area (Å²) in [6.07, 6.45) is 1.59. The first kappa shape index (κ1) is 12.6. The van der Waals surface area contributed by atoms with Crippen molar-refractivity contribution in [2.24, 2.45) is 0 Å². The molecule has 0 bridgehead atoms. The molecule has 0 unspecified atom stereocenters. The lowest BCUT2D eigenvalue weighted by atomic mass is 10.1. The van der Waals surface area contributed by atoms with Gasteiger partial charge in [0.1, 0.15) is 11.9 Å². The van der Waals surface area contributed by atoms with Crippen LogP contribution in [-0.4, -0.2) is 16.1 Å². The third kappa shape index (κ3) is 3.30. The van der Waals surface area contributed by atoms with E-state index < -0.39 is 5.97 Å². The molecule has 0 aliphatic heterocycles. The SMILES string of the molecule is N#Cc1cccnc1Nc1ccc(CC(=O)O)cc1. The smallest absolute Gasteiger partial charge is 0.307 e. The second-order valence-corrected chi connectivity index (χ2v) is 3.90. The van der Waals surface area contributed by atoms with Crippen molar-refractivity contribution in [2.45, 2.75) is 6.42 Å². The second kappa shape index (κ2) is 5.65. The molecule has 2 aromatic rings. The summed E-state index contributed by atoms with van der Waals surface area (Å²) in [5, 5.41) is 20.6. The van der Waals surface area contributed by atoms with Crippen LogP contribution < -0.4 is 5.32 Å². The maximum Gasteiger partial charge on any atom is 0.307 e. The first-order valence-electron chi connectivity index (χ1n) is 5.62. The summed E-state index contributed by atoms with van der Waals surface area (Å²) in [6, 6.07) is 12.4. The van der Waals surface area contributed by atoms with E-state index in [2.05, 4.69) is 16.4 Å². The molecule has 19 heavy (non-hydrogen) atoms. The highest BCUT2D eigenvalue weighted by molar-refractivity contribution is 5.70. The van der Waals surface area contributed by atoms with Gasteiger partial charge in [-0.3, -0.25) is 4.79 Å². The van der Waals surface area contributed by atoms with E-state index >= 15 is 0 Å². The Bertz CT molecular complexity index is 630. The van der Waals surface area contributed by atoms with Gasteiger partial charge in [-0.15, -0.1) is 0 Å². The van der Waals surface area contributed by atoms with Gasteiger partial charge in [-0.2, -0.15) is 5.26 Å². The number of nitriles is 1. The van der Waals surface area contributed by atoms with Crippen molar-refractivity contribution in [1.29, 1.82) is 5.26 Å². The number of nitrogens with zero attached hydrogens (tertiary/aromatic N) is 2. The van der Waals surface area contributed by atoms with Crippen LogP contribution >= 0.6 is 0 Å². The molecule has 5 heteroatoms. The first-order chi connectivity index (χ1) is 9.19. The maximum absolute atomic E-state index is 10.6. The molecule has 0 aliphatic carbocycles. The predicted molar refractivity (Wildman–Crippen MR) is 70.0 cm³/mol. The zero-order valence-electron chi connectivity index (χ0n) is 10.00. The molecule has 94 valence electrons. The number of carbonyl (C=O) groups is 1. The predicted octanol–water partition coefficient (Wildman–Crippen LogP) is 2.32. The fourth-order valence-electron chi connectivity index (χ4n) is 1.61. The zero-order chi connectivity index (χ0) is 13.7. The van der Waals surface area contributed by atoms with E-state index in [1.54, 1.807) is 42.6 Å². The van der Waals surface area contributed by atoms with Crippen LogP contribution in [0.2, 0.25) is 0 Å². The molecular weight excluding hydrogens is 242 g/mol. The van der Waals surface area contributed by atoms with Gasteiger partial charge >= 0.3 is 5.97 Å². The molecule has 0 amide bonds. The Labute approximate surface area is 110 Å². The van der Waals surface area contributed by atoms with Gasteiger partial charge in [0.2, 0.25) is 0 Å². The Morgan fingerprint density at radius 2 is 2.05 bits per heavy atom. The highest BCUT2D eigenvalue weighted by Gasteiger charge is 2.04. The number of nitrogens with one attached hydrogen (secondary N) is 1. The van der Waals surface area contributed by atoms with Crippen LogP contribution in [0.3, 0.4) is 0 Å². The Kier molecular flexibility index (Phi) is 3.74. The summed E-state index contributed by atoms with van der Waals surface area (Å²) in [4.78, 5) is 14.7. The van der Waals surface area contributed by atoms with Crippen LogP contribution in [-0.2, 0) is 11.2 Å². The Hall–Kier alpha value is -2.87. The standard InChI is InChI=1S/C14H11N3O2/c15-9-11-2-1-7-16-14(11)17-12-5-3-10(4-6-12)8-13(18)19/h1-7H,8H2,(H,16,17)(H,18,19). The number of carboxylic acids is 1. The van der Waals surface area contributed by atoms with Gasteiger partial charge in [0.25, 0.3) is 0 Å². The summed E-state index contributed by atoms with van der Waals surface area (Å²) in [5.41, 5.74) is 1.93. The quantitative estimate of drug-likeness (QED) is 0.873. The van der Waals surface area contributed by atoms with Crippen LogP contribution in [0, 0.1) is 11.3 Å². The van der Waals surface area contributed by atoms with E-state index in [0.29, 0.717) is 11.4 Å². The summed E-state index contributed by atoms with van der Waals surface area (Å²) in [5.74, 6) is -0.381. The van der Waals surface area contributed by atoms with E-state index in [1.165, 1.54) is 0 Å². The Morgan fingerprint density at radius 1 is 1.32 bits per heavy atom. The van der Waals surface area contributed by atoms with Crippen molar-refractivity contribution in [3.05, 3.63) is 53.7 Å². The minimum Gasteiger partial charge on any atom is -0.481 e. The Morgan fingerprint density at radius 3 is 2.68 bits per heavy atom. The molecule has 0 fully saturated rings. The lowest BCUT2D eigenvalue weighted by Gasteiger charge is -2.07. The molecule has 0 aliphatic rings. The minimum atomic E-state index is -0.864. The van der Waals surface area contributed by atoms with Crippen LogP contribution in [0.1, 0.15) is 11.1 Å². The number of pyridine rings is 1. The molecular formula is C14H11N3O2. The zero-order valence-corrected chi connectivity index (χ0v) is 10.00. The number of rotatable bonds is 4. The topological polar surface area (TPSA) is 86.0 Å². The molecule has 1 heterocycles. The summed E-state index contributed by atoms with van der Waals surface area (Å²) < 4.78 is 0. The van der Waals surface area contributed by atoms with Gasteiger partial charge in [0, 0.05) is 11.9 Å². The average molecular weight is 253 g/mol. The molecule has 0 saturated carbocycles. The van der Waals surface area contributed by atoms with Crippen molar-refractivity contribution in [3.8, 4) is 6.07 Å². The molecule has 0 radical (unpaired) electrons. The number of benzene rings is 1. The van der Waals surface area contributed by atoms with Gasteiger partial charge in [-0.05, 0) is 29.8 Å². The number of aromatic nitrogens is 1. The van der Waals surface area contributed by atoms with E-state index in [0.717, 1.165) is 11.3 Å². The summed E-state index contributed by atoms with van der Waals surface area (Å²) >= 11 is 0. The van der Waals surface area contributed by atoms with Crippen molar-refractivity contribution >= 4 is 17.5 Å². The second-order valence-electron chi connectivity index (χ2n) is 3.90. The molecule has 0 atom stereocenters. The summed E-state index contributed by atoms with van der Waals surface area (Å²) in [7, 11) is 0. The first-order valence-corrected chi connectivity index (χ1v) is 5.62. The largest absolute Gasteiger partial charge is 0.481 e. The number of anilines is 2. The third-order valence-corrected chi connectivity index (χ3v) is 2.50. The van der Waals surface area contributed by atoms with Crippen LogP contribution in [0.25, 0.3) is 0 Å². The molecule has 1 aromatic heterocycles. The van der Waals surface area contributed by atoms with Crippen molar-refractivity contribution < 1.29 is 9.90 Å². The van der Waals surface area contributed by atoms with Crippen molar-refractivity contribution in [3.63, 3.8) is 0 Å². The summed E-state index contributed by atoms with van der Waals surface area (Å²) in [6.45, 7) is 0. The normalized spacial score (nSPS) is 9.63.